The van der Waals surface area contributed by atoms with Gasteiger partial charge < -0.3 is 10.6 Å². The molecule has 1 saturated heterocycles. The van der Waals surface area contributed by atoms with Crippen molar-refractivity contribution in [1.29, 1.82) is 0 Å². The molecule has 1 aromatic carbocycles. The minimum absolute atomic E-state index is 0.206. The molecule has 1 heterocycles. The number of amides is 1. The van der Waals surface area contributed by atoms with E-state index in [1.165, 1.54) is 25.7 Å². The van der Waals surface area contributed by atoms with Crippen molar-refractivity contribution >= 4 is 5.91 Å². The number of carbonyl (C=O) groups excluding carboxylic acids is 1. The van der Waals surface area contributed by atoms with Crippen LogP contribution in [0.5, 0.6) is 0 Å². The van der Waals surface area contributed by atoms with Crippen molar-refractivity contribution in [2.24, 2.45) is 11.7 Å². The van der Waals surface area contributed by atoms with Gasteiger partial charge in [0.2, 0.25) is 0 Å². The first kappa shape index (κ1) is 12.7. The van der Waals surface area contributed by atoms with Crippen molar-refractivity contribution in [3.05, 3.63) is 35.4 Å². The number of carbonyl (C=O) groups is 1. The van der Waals surface area contributed by atoms with E-state index in [1.807, 2.05) is 24.3 Å². The Morgan fingerprint density at radius 1 is 1.16 bits per heavy atom. The maximum atomic E-state index is 12.6. The van der Waals surface area contributed by atoms with Gasteiger partial charge in [-0.15, -0.1) is 0 Å². The fourth-order valence-corrected chi connectivity index (χ4v) is 3.31. The first-order valence-electron chi connectivity index (χ1n) is 7.39. The maximum absolute atomic E-state index is 12.6. The van der Waals surface area contributed by atoms with Crippen molar-refractivity contribution in [1.82, 2.24) is 4.90 Å². The number of likely N-dealkylation sites (tertiary alicyclic amines) is 1. The second-order valence-electron chi connectivity index (χ2n) is 5.80. The molecular formula is C16H22N2O. The molecule has 0 bridgehead atoms. The fourth-order valence-electron chi connectivity index (χ4n) is 3.31. The van der Waals surface area contributed by atoms with Crippen LogP contribution in [0.1, 0.15) is 48.0 Å². The molecule has 1 atom stereocenters. The predicted molar refractivity (Wildman–Crippen MR) is 75.7 cm³/mol. The topological polar surface area (TPSA) is 46.3 Å². The molecule has 2 fully saturated rings. The highest BCUT2D eigenvalue weighted by molar-refractivity contribution is 5.94. The highest BCUT2D eigenvalue weighted by atomic mass is 16.2. The smallest absolute Gasteiger partial charge is 0.254 e. The second kappa shape index (κ2) is 5.33. The Kier molecular flexibility index (Phi) is 3.56. The van der Waals surface area contributed by atoms with Gasteiger partial charge in [-0.3, -0.25) is 4.79 Å². The van der Waals surface area contributed by atoms with E-state index in [-0.39, 0.29) is 5.91 Å². The van der Waals surface area contributed by atoms with Gasteiger partial charge in [0.15, 0.2) is 0 Å². The quantitative estimate of drug-likeness (QED) is 0.905. The molecule has 102 valence electrons. The van der Waals surface area contributed by atoms with Gasteiger partial charge >= 0.3 is 0 Å². The molecule has 1 aliphatic heterocycles. The Bertz CT molecular complexity index is 450. The van der Waals surface area contributed by atoms with E-state index >= 15 is 0 Å². The van der Waals surface area contributed by atoms with Gasteiger partial charge in [0, 0.05) is 24.7 Å². The summed E-state index contributed by atoms with van der Waals surface area (Å²) in [5, 5.41) is 0. The Morgan fingerprint density at radius 2 is 1.89 bits per heavy atom. The van der Waals surface area contributed by atoms with Crippen LogP contribution in [-0.4, -0.2) is 23.4 Å². The van der Waals surface area contributed by atoms with Crippen molar-refractivity contribution in [3.8, 4) is 0 Å². The second-order valence-corrected chi connectivity index (χ2v) is 5.80. The van der Waals surface area contributed by atoms with Crippen molar-refractivity contribution in [3.63, 3.8) is 0 Å². The SMILES string of the molecule is NCc1ccc(C(=O)N2CCCC2C2CCC2)cc1. The van der Waals surface area contributed by atoms with E-state index in [9.17, 15) is 4.79 Å². The molecule has 0 spiro atoms. The summed E-state index contributed by atoms with van der Waals surface area (Å²) in [5.74, 6) is 0.965. The summed E-state index contributed by atoms with van der Waals surface area (Å²) >= 11 is 0. The highest BCUT2D eigenvalue weighted by Crippen LogP contribution is 2.37. The van der Waals surface area contributed by atoms with E-state index in [0.29, 0.717) is 12.6 Å². The molecule has 2 aliphatic rings. The van der Waals surface area contributed by atoms with E-state index in [0.717, 1.165) is 30.0 Å². The van der Waals surface area contributed by atoms with Crippen LogP contribution in [0.25, 0.3) is 0 Å². The minimum atomic E-state index is 0.206. The average molecular weight is 258 g/mol. The minimum Gasteiger partial charge on any atom is -0.335 e. The summed E-state index contributed by atoms with van der Waals surface area (Å²) in [6, 6.07) is 8.25. The zero-order valence-electron chi connectivity index (χ0n) is 11.3. The van der Waals surface area contributed by atoms with Gasteiger partial charge in [-0.25, -0.2) is 0 Å². The summed E-state index contributed by atoms with van der Waals surface area (Å²) in [6.45, 7) is 1.46. The Hall–Kier alpha value is -1.35. The molecule has 2 N–H and O–H groups in total. The van der Waals surface area contributed by atoms with Gasteiger partial charge in [0.05, 0.1) is 0 Å². The largest absolute Gasteiger partial charge is 0.335 e. The number of hydrogen-bond acceptors (Lipinski definition) is 2. The summed E-state index contributed by atoms with van der Waals surface area (Å²) in [4.78, 5) is 14.7. The number of benzene rings is 1. The van der Waals surface area contributed by atoms with Crippen molar-refractivity contribution in [2.75, 3.05) is 6.54 Å². The lowest BCUT2D eigenvalue weighted by molar-refractivity contribution is 0.0626. The molecular weight excluding hydrogens is 236 g/mol. The number of nitrogens with two attached hydrogens (primary N) is 1. The van der Waals surface area contributed by atoms with Gasteiger partial charge in [0.25, 0.3) is 5.91 Å². The summed E-state index contributed by atoms with van der Waals surface area (Å²) in [5.41, 5.74) is 7.48. The average Bonchev–Trinajstić information content (AvgIpc) is 2.85. The Balaban J connectivity index is 1.74. The molecule has 1 aromatic rings. The third-order valence-electron chi connectivity index (χ3n) is 4.69. The maximum Gasteiger partial charge on any atom is 0.254 e. The van der Waals surface area contributed by atoms with E-state index < -0.39 is 0 Å². The highest BCUT2D eigenvalue weighted by Gasteiger charge is 2.37. The van der Waals surface area contributed by atoms with Crippen LogP contribution in [0.4, 0.5) is 0 Å². The summed E-state index contributed by atoms with van der Waals surface area (Å²) < 4.78 is 0. The Morgan fingerprint density at radius 3 is 2.47 bits per heavy atom. The van der Waals surface area contributed by atoms with Crippen LogP contribution in [0.15, 0.2) is 24.3 Å². The fraction of sp³-hybridized carbons (Fsp3) is 0.562. The van der Waals surface area contributed by atoms with Crippen LogP contribution < -0.4 is 5.73 Å². The zero-order chi connectivity index (χ0) is 13.2. The van der Waals surface area contributed by atoms with E-state index in [1.54, 1.807) is 0 Å². The number of nitrogens with zero attached hydrogens (tertiary/aromatic N) is 1. The normalized spacial score (nSPS) is 23.4. The zero-order valence-corrected chi connectivity index (χ0v) is 11.3. The lowest BCUT2D eigenvalue weighted by Crippen LogP contribution is -2.42. The van der Waals surface area contributed by atoms with Gasteiger partial charge in [-0.2, -0.15) is 0 Å². The molecule has 1 unspecified atom stereocenters. The number of rotatable bonds is 3. The summed E-state index contributed by atoms with van der Waals surface area (Å²) in [6.07, 6.45) is 6.31. The van der Waals surface area contributed by atoms with Gasteiger partial charge in [0.1, 0.15) is 0 Å². The lowest BCUT2D eigenvalue weighted by atomic mass is 9.78. The monoisotopic (exact) mass is 258 g/mol. The standard InChI is InChI=1S/C16H22N2O/c17-11-12-6-8-14(9-7-12)16(19)18-10-2-5-15(18)13-3-1-4-13/h6-9,13,15H,1-5,10-11,17H2. The molecule has 3 heteroatoms. The molecule has 19 heavy (non-hydrogen) atoms. The molecule has 3 nitrogen and oxygen atoms in total. The third-order valence-corrected chi connectivity index (χ3v) is 4.69. The molecule has 3 rings (SSSR count). The van der Waals surface area contributed by atoms with E-state index in [4.69, 9.17) is 5.73 Å². The van der Waals surface area contributed by atoms with Gasteiger partial charge in [-0.05, 0) is 49.3 Å². The van der Waals surface area contributed by atoms with Crippen molar-refractivity contribution < 1.29 is 4.79 Å². The van der Waals surface area contributed by atoms with Crippen LogP contribution in [0.3, 0.4) is 0 Å². The predicted octanol–water partition coefficient (Wildman–Crippen LogP) is 2.55. The van der Waals surface area contributed by atoms with Gasteiger partial charge in [-0.1, -0.05) is 18.6 Å². The lowest BCUT2D eigenvalue weighted by Gasteiger charge is -2.37. The van der Waals surface area contributed by atoms with Crippen LogP contribution in [0, 0.1) is 5.92 Å². The number of hydrogen-bond donors (Lipinski definition) is 1. The molecule has 1 saturated carbocycles. The van der Waals surface area contributed by atoms with Crippen LogP contribution in [-0.2, 0) is 6.54 Å². The Labute approximate surface area is 114 Å². The van der Waals surface area contributed by atoms with Crippen LogP contribution in [0.2, 0.25) is 0 Å². The molecule has 1 aliphatic carbocycles. The van der Waals surface area contributed by atoms with Crippen LogP contribution >= 0.6 is 0 Å². The van der Waals surface area contributed by atoms with Crippen molar-refractivity contribution in [2.45, 2.75) is 44.7 Å². The summed E-state index contributed by atoms with van der Waals surface area (Å²) in [7, 11) is 0. The molecule has 0 aromatic heterocycles. The third kappa shape index (κ3) is 2.39. The first-order valence-corrected chi connectivity index (χ1v) is 7.39. The van der Waals surface area contributed by atoms with E-state index in [2.05, 4.69) is 4.90 Å². The molecule has 0 radical (unpaired) electrons. The molecule has 1 amide bonds. The first-order chi connectivity index (χ1) is 9.29.